The van der Waals surface area contributed by atoms with E-state index in [9.17, 15) is 14.7 Å². The van der Waals surface area contributed by atoms with E-state index in [0.717, 1.165) is 18.4 Å². The van der Waals surface area contributed by atoms with Crippen molar-refractivity contribution < 1.29 is 19.7 Å². The first-order chi connectivity index (χ1) is 9.08. The van der Waals surface area contributed by atoms with Crippen LogP contribution < -0.4 is 15.4 Å². The van der Waals surface area contributed by atoms with E-state index >= 15 is 0 Å². The molecule has 1 heterocycles. The maximum atomic E-state index is 12.2. The lowest BCUT2D eigenvalue weighted by Gasteiger charge is -2.29. The molecule has 2 rings (SSSR count). The fraction of sp³-hybridized carbons (Fsp3) is 0.500. The van der Waals surface area contributed by atoms with E-state index in [2.05, 4.69) is 10.3 Å². The zero-order valence-corrected chi connectivity index (χ0v) is 10.9. The molecule has 2 N–H and O–H groups in total. The first-order valence-electron chi connectivity index (χ1n) is 6.58. The summed E-state index contributed by atoms with van der Waals surface area (Å²) in [6, 6.07) is 3.70. The van der Waals surface area contributed by atoms with Gasteiger partial charge in [0, 0.05) is 18.0 Å². The molecule has 2 unspecified atom stereocenters. The molecule has 0 saturated heterocycles. The summed E-state index contributed by atoms with van der Waals surface area (Å²) in [5, 5.41) is 13.8. The Morgan fingerprint density at radius 3 is 2.63 bits per heavy atom. The quantitative estimate of drug-likeness (QED) is 0.850. The fourth-order valence-corrected chi connectivity index (χ4v) is 2.60. The standard InChI is InChI=1S/C14H18N2O3/c1-9-6-7-15-12(8-9)16-13(17)10-4-2-3-5-11(10)14(18)19/h6-8,10-11H,2-5H2,1H3,(H,18,19)(H,15,16,17). The third kappa shape index (κ3) is 3.30. The van der Waals surface area contributed by atoms with Crippen LogP contribution in [0.15, 0.2) is 18.3 Å². The molecule has 1 saturated carbocycles. The SMILES string of the molecule is Cc1cc[nH+]c(NC(=O)C2CCCCC2C(=O)[O-])c1. The van der Waals surface area contributed by atoms with Gasteiger partial charge in [0.2, 0.25) is 0 Å². The highest BCUT2D eigenvalue weighted by molar-refractivity contribution is 5.93. The number of anilines is 1. The third-order valence-corrected chi connectivity index (χ3v) is 3.62. The number of amides is 1. The van der Waals surface area contributed by atoms with Crippen molar-refractivity contribution in [3.8, 4) is 0 Å². The minimum absolute atomic E-state index is 0.240. The fourth-order valence-electron chi connectivity index (χ4n) is 2.60. The van der Waals surface area contributed by atoms with Crippen LogP contribution in [-0.4, -0.2) is 11.9 Å². The van der Waals surface area contributed by atoms with Gasteiger partial charge in [-0.15, -0.1) is 0 Å². The number of hydrogen-bond acceptors (Lipinski definition) is 3. The smallest absolute Gasteiger partial charge is 0.311 e. The number of aryl methyl sites for hydroxylation is 1. The van der Waals surface area contributed by atoms with Gasteiger partial charge in [0.25, 0.3) is 5.82 Å². The molecule has 102 valence electrons. The summed E-state index contributed by atoms with van der Waals surface area (Å²) >= 11 is 0. The van der Waals surface area contributed by atoms with Crippen LogP contribution in [0.2, 0.25) is 0 Å². The second-order valence-corrected chi connectivity index (χ2v) is 5.09. The Balaban J connectivity index is 2.07. The molecule has 19 heavy (non-hydrogen) atoms. The average molecular weight is 262 g/mol. The number of carboxylic acid groups (broad SMARTS) is 1. The van der Waals surface area contributed by atoms with E-state index in [-0.39, 0.29) is 5.91 Å². The van der Waals surface area contributed by atoms with Crippen LogP contribution in [0.3, 0.4) is 0 Å². The molecule has 5 nitrogen and oxygen atoms in total. The number of aliphatic carboxylic acids is 1. The van der Waals surface area contributed by atoms with Crippen molar-refractivity contribution in [3.63, 3.8) is 0 Å². The number of pyridine rings is 1. The van der Waals surface area contributed by atoms with Gasteiger partial charge in [-0.2, -0.15) is 0 Å². The zero-order chi connectivity index (χ0) is 13.8. The minimum atomic E-state index is -1.12. The predicted octanol–water partition coefficient (Wildman–Crippen LogP) is 0.304. The van der Waals surface area contributed by atoms with Gasteiger partial charge in [0.05, 0.1) is 12.1 Å². The van der Waals surface area contributed by atoms with Crippen molar-refractivity contribution in [3.05, 3.63) is 23.9 Å². The second kappa shape index (κ2) is 5.82. The van der Waals surface area contributed by atoms with Gasteiger partial charge < -0.3 is 9.90 Å². The lowest BCUT2D eigenvalue weighted by Crippen LogP contribution is -2.42. The highest BCUT2D eigenvalue weighted by Crippen LogP contribution is 2.30. The first-order valence-corrected chi connectivity index (χ1v) is 6.58. The molecule has 5 heteroatoms. The summed E-state index contributed by atoms with van der Waals surface area (Å²) in [7, 11) is 0. The zero-order valence-electron chi connectivity index (χ0n) is 10.9. The number of carbonyl (C=O) groups is 2. The number of aromatic nitrogens is 1. The second-order valence-electron chi connectivity index (χ2n) is 5.09. The molecular formula is C14H18N2O3. The normalized spacial score (nSPS) is 22.8. The molecule has 0 bridgehead atoms. The lowest BCUT2D eigenvalue weighted by atomic mass is 9.79. The Morgan fingerprint density at radius 2 is 2.00 bits per heavy atom. The van der Waals surface area contributed by atoms with E-state index < -0.39 is 17.8 Å². The predicted molar refractivity (Wildman–Crippen MR) is 66.8 cm³/mol. The van der Waals surface area contributed by atoms with Gasteiger partial charge >= 0.3 is 5.91 Å². The van der Waals surface area contributed by atoms with Crippen molar-refractivity contribution in [2.45, 2.75) is 32.6 Å². The lowest BCUT2D eigenvalue weighted by molar-refractivity contribution is -0.360. The molecule has 0 aromatic carbocycles. The molecule has 1 aliphatic carbocycles. The Labute approximate surface area is 112 Å². The summed E-state index contributed by atoms with van der Waals surface area (Å²) in [5.41, 5.74) is 1.02. The molecule has 1 aromatic rings. The minimum Gasteiger partial charge on any atom is -0.550 e. The topological polar surface area (TPSA) is 83.4 Å². The van der Waals surface area contributed by atoms with Crippen molar-refractivity contribution in [1.29, 1.82) is 0 Å². The summed E-state index contributed by atoms with van der Waals surface area (Å²) in [6.07, 6.45) is 4.61. The van der Waals surface area contributed by atoms with Gasteiger partial charge in [-0.1, -0.05) is 12.8 Å². The first kappa shape index (κ1) is 13.5. The Kier molecular flexibility index (Phi) is 4.14. The molecule has 1 aromatic heterocycles. The molecular weight excluding hydrogens is 244 g/mol. The van der Waals surface area contributed by atoms with Crippen LogP contribution in [0, 0.1) is 18.8 Å². The van der Waals surface area contributed by atoms with E-state index in [0.29, 0.717) is 18.7 Å². The number of carbonyl (C=O) groups excluding carboxylic acids is 2. The molecule has 0 spiro atoms. The summed E-state index contributed by atoms with van der Waals surface area (Å²) in [5.74, 6) is -1.93. The van der Waals surface area contributed by atoms with E-state index in [1.807, 2.05) is 19.1 Å². The summed E-state index contributed by atoms with van der Waals surface area (Å²) < 4.78 is 0. The molecule has 1 amide bonds. The average Bonchev–Trinajstić information content (AvgIpc) is 2.38. The highest BCUT2D eigenvalue weighted by atomic mass is 16.4. The Morgan fingerprint density at radius 1 is 1.32 bits per heavy atom. The monoisotopic (exact) mass is 262 g/mol. The number of aromatic amines is 1. The van der Waals surface area contributed by atoms with Crippen molar-refractivity contribution in [1.82, 2.24) is 0 Å². The van der Waals surface area contributed by atoms with Crippen molar-refractivity contribution in [2.75, 3.05) is 5.32 Å². The highest BCUT2D eigenvalue weighted by Gasteiger charge is 2.34. The van der Waals surface area contributed by atoms with Gasteiger partial charge in [-0.3, -0.25) is 0 Å². The van der Waals surface area contributed by atoms with Gasteiger partial charge in [-0.05, 0) is 31.4 Å². The maximum absolute atomic E-state index is 12.2. The van der Waals surface area contributed by atoms with Crippen molar-refractivity contribution in [2.24, 2.45) is 11.8 Å². The van der Waals surface area contributed by atoms with Crippen LogP contribution in [0.1, 0.15) is 31.2 Å². The number of rotatable bonds is 3. The van der Waals surface area contributed by atoms with Crippen LogP contribution >= 0.6 is 0 Å². The third-order valence-electron chi connectivity index (χ3n) is 3.62. The summed E-state index contributed by atoms with van der Waals surface area (Å²) in [6.45, 7) is 1.92. The molecule has 1 aliphatic rings. The molecule has 0 aliphatic heterocycles. The van der Waals surface area contributed by atoms with Gasteiger partial charge in [0.1, 0.15) is 0 Å². The van der Waals surface area contributed by atoms with Crippen LogP contribution in [-0.2, 0) is 9.59 Å². The molecule has 0 radical (unpaired) electrons. The van der Waals surface area contributed by atoms with Gasteiger partial charge in [-0.25, -0.2) is 15.1 Å². The molecule has 1 fully saturated rings. The van der Waals surface area contributed by atoms with Crippen LogP contribution in [0.4, 0.5) is 5.82 Å². The van der Waals surface area contributed by atoms with E-state index in [1.165, 1.54) is 0 Å². The van der Waals surface area contributed by atoms with E-state index in [4.69, 9.17) is 0 Å². The van der Waals surface area contributed by atoms with Crippen LogP contribution in [0.25, 0.3) is 0 Å². The van der Waals surface area contributed by atoms with E-state index in [1.54, 1.807) is 6.20 Å². The number of carboxylic acids is 1. The number of H-pyrrole nitrogens is 1. The Bertz CT molecular complexity index is 487. The number of hydrogen-bond donors (Lipinski definition) is 1. The molecule has 2 atom stereocenters. The summed E-state index contributed by atoms with van der Waals surface area (Å²) in [4.78, 5) is 26.2. The maximum Gasteiger partial charge on any atom is 0.311 e. The largest absolute Gasteiger partial charge is 0.550 e. The Hall–Kier alpha value is -1.91. The number of nitrogens with one attached hydrogen (secondary N) is 2. The van der Waals surface area contributed by atoms with Crippen molar-refractivity contribution >= 4 is 17.7 Å². The van der Waals surface area contributed by atoms with Gasteiger partial charge in [0.15, 0.2) is 0 Å². The van der Waals surface area contributed by atoms with Crippen LogP contribution in [0.5, 0.6) is 0 Å².